The van der Waals surface area contributed by atoms with Gasteiger partial charge in [0.25, 0.3) is 0 Å². The zero-order chi connectivity index (χ0) is 14.5. The van der Waals surface area contributed by atoms with Crippen molar-refractivity contribution in [3.05, 3.63) is 29.1 Å². The number of nitrogens with one attached hydrogen (secondary N) is 1. The van der Waals surface area contributed by atoms with Crippen LogP contribution in [0.3, 0.4) is 0 Å². The van der Waals surface area contributed by atoms with E-state index in [-0.39, 0.29) is 5.91 Å². The summed E-state index contributed by atoms with van der Waals surface area (Å²) in [5, 5.41) is 3.36. The van der Waals surface area contributed by atoms with Crippen molar-refractivity contribution in [3.8, 4) is 17.0 Å². The lowest BCUT2D eigenvalue weighted by Crippen LogP contribution is -2.15. The number of aromatic nitrogens is 1. The van der Waals surface area contributed by atoms with Crippen molar-refractivity contribution in [3.63, 3.8) is 0 Å². The highest BCUT2D eigenvalue weighted by atomic mass is 32.1. The summed E-state index contributed by atoms with van der Waals surface area (Å²) >= 11 is 1.46. The molecule has 5 nitrogen and oxygen atoms in total. The van der Waals surface area contributed by atoms with Crippen molar-refractivity contribution in [2.45, 2.75) is 13.3 Å². The molecule has 0 unspecified atom stereocenters. The van der Waals surface area contributed by atoms with Crippen molar-refractivity contribution in [2.24, 2.45) is 5.73 Å². The van der Waals surface area contributed by atoms with Crippen molar-refractivity contribution >= 4 is 22.4 Å². The summed E-state index contributed by atoms with van der Waals surface area (Å²) in [6.45, 7) is 2.32. The van der Waals surface area contributed by atoms with Gasteiger partial charge in [-0.05, 0) is 31.2 Å². The first-order valence-electron chi connectivity index (χ1n) is 6.26. The van der Waals surface area contributed by atoms with Gasteiger partial charge in [0.05, 0.1) is 12.8 Å². The van der Waals surface area contributed by atoms with Crippen LogP contribution in [0.2, 0.25) is 0 Å². The Hall–Kier alpha value is -1.92. The van der Waals surface area contributed by atoms with Crippen LogP contribution in [0.4, 0.5) is 5.13 Å². The Balaban J connectivity index is 2.19. The molecule has 1 aromatic carbocycles. The van der Waals surface area contributed by atoms with Crippen molar-refractivity contribution < 1.29 is 9.53 Å². The molecule has 0 fully saturated rings. The minimum atomic E-state index is -0.109. The summed E-state index contributed by atoms with van der Waals surface area (Å²) in [5.41, 5.74) is 7.22. The maximum absolute atomic E-state index is 11.5. The van der Waals surface area contributed by atoms with Crippen molar-refractivity contribution in [2.75, 3.05) is 19.0 Å². The Kier molecular flexibility index (Phi) is 4.70. The number of carbonyl (C=O) groups excluding carboxylic acids is 1. The molecule has 0 aliphatic carbocycles. The average molecular weight is 291 g/mol. The lowest BCUT2D eigenvalue weighted by atomic mass is 10.1. The predicted molar refractivity (Wildman–Crippen MR) is 81.1 cm³/mol. The number of thiazole rings is 1. The molecule has 6 heteroatoms. The van der Waals surface area contributed by atoms with Crippen molar-refractivity contribution in [1.82, 2.24) is 4.98 Å². The Morgan fingerprint density at radius 1 is 1.40 bits per heavy atom. The monoisotopic (exact) mass is 291 g/mol. The number of hydrogen-bond acceptors (Lipinski definition) is 5. The zero-order valence-electron chi connectivity index (χ0n) is 11.5. The fourth-order valence-corrected chi connectivity index (χ4v) is 2.63. The van der Waals surface area contributed by atoms with Gasteiger partial charge in [0.2, 0.25) is 5.91 Å². The van der Waals surface area contributed by atoms with Crippen LogP contribution < -0.4 is 15.8 Å². The molecule has 106 valence electrons. The molecule has 0 bridgehead atoms. The maximum Gasteiger partial charge on any atom is 0.227 e. The molecule has 0 radical (unpaired) electrons. The fraction of sp³-hybridized carbons (Fsp3) is 0.286. The molecule has 0 spiro atoms. The third kappa shape index (κ3) is 3.34. The number of rotatable bonds is 5. The number of anilines is 1. The van der Waals surface area contributed by atoms with Crippen LogP contribution in [0.15, 0.2) is 24.3 Å². The Morgan fingerprint density at radius 2 is 2.10 bits per heavy atom. The number of benzene rings is 1. The molecule has 1 amide bonds. The van der Waals surface area contributed by atoms with Crippen molar-refractivity contribution in [1.29, 1.82) is 0 Å². The van der Waals surface area contributed by atoms with E-state index < -0.39 is 0 Å². The third-order valence-electron chi connectivity index (χ3n) is 2.78. The molecule has 1 heterocycles. The standard InChI is InChI=1S/C14H17N3O2S/c1-9-13(10-3-5-11(19-2)6-4-10)17-14(20-9)16-12(18)7-8-15/h3-6H,7-8,15H2,1-2H3,(H,16,17,18). The van der Waals surface area contributed by atoms with Gasteiger partial charge in [-0.25, -0.2) is 4.98 Å². The van der Waals surface area contributed by atoms with E-state index in [1.54, 1.807) is 7.11 Å². The number of nitrogens with zero attached hydrogens (tertiary/aromatic N) is 1. The number of amides is 1. The first-order chi connectivity index (χ1) is 9.63. The molecule has 2 rings (SSSR count). The highest BCUT2D eigenvalue weighted by Gasteiger charge is 2.11. The van der Waals surface area contributed by atoms with Gasteiger partial charge in [0.15, 0.2) is 5.13 Å². The largest absolute Gasteiger partial charge is 0.497 e. The first kappa shape index (κ1) is 14.5. The molecule has 0 saturated carbocycles. The molecule has 20 heavy (non-hydrogen) atoms. The van der Waals surface area contributed by atoms with E-state index in [1.165, 1.54) is 11.3 Å². The van der Waals surface area contributed by atoms with E-state index in [0.717, 1.165) is 21.9 Å². The van der Waals surface area contributed by atoms with E-state index in [2.05, 4.69) is 10.3 Å². The molecular weight excluding hydrogens is 274 g/mol. The minimum absolute atomic E-state index is 0.109. The van der Waals surface area contributed by atoms with Crippen LogP contribution in [-0.2, 0) is 4.79 Å². The van der Waals surface area contributed by atoms with Gasteiger partial charge in [-0.1, -0.05) is 0 Å². The van der Waals surface area contributed by atoms with E-state index in [0.29, 0.717) is 18.1 Å². The van der Waals surface area contributed by atoms with Gasteiger partial charge in [0.1, 0.15) is 5.75 Å². The Bertz CT molecular complexity index is 593. The fourth-order valence-electron chi connectivity index (χ4n) is 1.78. The van der Waals surface area contributed by atoms with E-state index in [9.17, 15) is 4.79 Å². The smallest absolute Gasteiger partial charge is 0.227 e. The Morgan fingerprint density at radius 3 is 2.70 bits per heavy atom. The summed E-state index contributed by atoms with van der Waals surface area (Å²) in [7, 11) is 1.63. The highest BCUT2D eigenvalue weighted by molar-refractivity contribution is 7.16. The molecule has 0 saturated heterocycles. The third-order valence-corrected chi connectivity index (χ3v) is 3.66. The predicted octanol–water partition coefficient (Wildman–Crippen LogP) is 2.41. The van der Waals surface area contributed by atoms with E-state index in [1.807, 2.05) is 31.2 Å². The van der Waals surface area contributed by atoms with Gasteiger partial charge < -0.3 is 15.8 Å². The van der Waals surface area contributed by atoms with Crippen LogP contribution in [-0.4, -0.2) is 24.5 Å². The second-order valence-corrected chi connectivity index (χ2v) is 5.44. The average Bonchev–Trinajstić information content (AvgIpc) is 2.80. The number of nitrogens with two attached hydrogens (primary N) is 1. The van der Waals surface area contributed by atoms with Crippen LogP contribution in [0.25, 0.3) is 11.3 Å². The molecule has 0 aliphatic rings. The van der Waals surface area contributed by atoms with Crippen LogP contribution in [0, 0.1) is 6.92 Å². The van der Waals surface area contributed by atoms with Gasteiger partial charge >= 0.3 is 0 Å². The van der Waals surface area contributed by atoms with E-state index in [4.69, 9.17) is 10.5 Å². The molecule has 0 aliphatic heterocycles. The van der Waals surface area contributed by atoms with E-state index >= 15 is 0 Å². The number of hydrogen-bond donors (Lipinski definition) is 2. The SMILES string of the molecule is COc1ccc(-c2nc(NC(=O)CCN)sc2C)cc1. The van der Waals surface area contributed by atoms with Crippen LogP contribution >= 0.6 is 11.3 Å². The highest BCUT2D eigenvalue weighted by Crippen LogP contribution is 2.31. The molecular formula is C14H17N3O2S. The number of ether oxygens (including phenoxy) is 1. The summed E-state index contributed by atoms with van der Waals surface area (Å²) in [5.74, 6) is 0.695. The summed E-state index contributed by atoms with van der Waals surface area (Å²) < 4.78 is 5.13. The first-order valence-corrected chi connectivity index (χ1v) is 7.07. The summed E-state index contributed by atoms with van der Waals surface area (Å²) in [6.07, 6.45) is 0.302. The number of aryl methyl sites for hydroxylation is 1. The van der Waals surface area contributed by atoms with Crippen LogP contribution in [0.5, 0.6) is 5.75 Å². The minimum Gasteiger partial charge on any atom is -0.497 e. The molecule has 2 aromatic rings. The van der Waals surface area contributed by atoms with Gasteiger partial charge in [-0.15, -0.1) is 11.3 Å². The lowest BCUT2D eigenvalue weighted by molar-refractivity contribution is -0.116. The summed E-state index contributed by atoms with van der Waals surface area (Å²) in [6, 6.07) is 7.68. The van der Waals surface area contributed by atoms with Gasteiger partial charge in [-0.3, -0.25) is 4.79 Å². The number of methoxy groups -OCH3 is 1. The normalized spacial score (nSPS) is 10.3. The molecule has 1 aromatic heterocycles. The van der Waals surface area contributed by atoms with Gasteiger partial charge in [0, 0.05) is 23.4 Å². The topological polar surface area (TPSA) is 77.2 Å². The second-order valence-electron chi connectivity index (χ2n) is 4.24. The second kappa shape index (κ2) is 6.49. The Labute approximate surface area is 121 Å². The lowest BCUT2D eigenvalue weighted by Gasteiger charge is -2.02. The van der Waals surface area contributed by atoms with Crippen LogP contribution in [0.1, 0.15) is 11.3 Å². The summed E-state index contributed by atoms with van der Waals surface area (Å²) in [4.78, 5) is 17.0. The molecule has 3 N–H and O–H groups in total. The quantitative estimate of drug-likeness (QED) is 0.887. The maximum atomic E-state index is 11.5. The van der Waals surface area contributed by atoms with Gasteiger partial charge in [-0.2, -0.15) is 0 Å². The number of carbonyl (C=O) groups is 1. The molecule has 0 atom stereocenters. The zero-order valence-corrected chi connectivity index (χ0v) is 12.3.